The van der Waals surface area contributed by atoms with Crippen molar-refractivity contribution in [3.8, 4) is 5.75 Å². The van der Waals surface area contributed by atoms with E-state index >= 15 is 0 Å². The quantitative estimate of drug-likeness (QED) is 0.768. The molecule has 1 aliphatic heterocycles. The first-order valence-corrected chi connectivity index (χ1v) is 9.85. The van der Waals surface area contributed by atoms with Crippen molar-refractivity contribution < 1.29 is 17.9 Å². The third-order valence-corrected chi connectivity index (χ3v) is 6.19. The molecule has 0 aliphatic carbocycles. The molecule has 1 fully saturated rings. The maximum atomic E-state index is 12.8. The molecule has 140 valence electrons. The molecule has 0 spiro atoms. The smallest absolute Gasteiger partial charge is 0.243 e. The Morgan fingerprint density at radius 1 is 1.32 bits per heavy atom. The lowest BCUT2D eigenvalue weighted by atomic mass is 9.99. The van der Waals surface area contributed by atoms with Crippen molar-refractivity contribution >= 4 is 15.9 Å². The Bertz CT molecular complexity index is 674. The van der Waals surface area contributed by atoms with Gasteiger partial charge in [-0.1, -0.05) is 0 Å². The van der Waals surface area contributed by atoms with Crippen LogP contribution in [0.1, 0.15) is 12.8 Å². The number of likely N-dealkylation sites (N-methyl/N-ethyl adjacent to an activating group) is 1. The van der Waals surface area contributed by atoms with Crippen molar-refractivity contribution in [1.29, 1.82) is 0 Å². The van der Waals surface area contributed by atoms with Crippen LogP contribution in [0.15, 0.2) is 29.2 Å². The molecule has 1 saturated heterocycles. The lowest BCUT2D eigenvalue weighted by Gasteiger charge is -2.31. The summed E-state index contributed by atoms with van der Waals surface area (Å²) in [5.74, 6) is 0.233. The number of hydrogen-bond donors (Lipinski definition) is 1. The van der Waals surface area contributed by atoms with Crippen LogP contribution in [0.2, 0.25) is 0 Å². The van der Waals surface area contributed by atoms with E-state index < -0.39 is 10.0 Å². The van der Waals surface area contributed by atoms with Crippen LogP contribution in [-0.4, -0.2) is 70.9 Å². The standard InChI is InChI=1S/C17H27N3O4S/c1-19(2)12-10-18-17(21)14-5-4-11-20(13-14)25(22,23)16-8-6-15(24-3)7-9-16/h6-9,14H,4-5,10-13H2,1-3H3,(H,18,21)/t14-/m0/s1. The van der Waals surface area contributed by atoms with Gasteiger partial charge < -0.3 is 15.0 Å². The number of benzene rings is 1. The molecule has 1 aromatic carbocycles. The third-order valence-electron chi connectivity index (χ3n) is 4.31. The van der Waals surface area contributed by atoms with Crippen molar-refractivity contribution in [2.45, 2.75) is 17.7 Å². The van der Waals surface area contributed by atoms with Crippen molar-refractivity contribution in [3.05, 3.63) is 24.3 Å². The van der Waals surface area contributed by atoms with Crippen molar-refractivity contribution in [2.24, 2.45) is 5.92 Å². The van der Waals surface area contributed by atoms with Crippen LogP contribution in [-0.2, 0) is 14.8 Å². The molecule has 1 aliphatic rings. The summed E-state index contributed by atoms with van der Waals surface area (Å²) in [5, 5.41) is 2.89. The lowest BCUT2D eigenvalue weighted by molar-refractivity contribution is -0.126. The minimum absolute atomic E-state index is 0.0727. The van der Waals surface area contributed by atoms with Crippen LogP contribution in [0, 0.1) is 5.92 Å². The Morgan fingerprint density at radius 3 is 2.60 bits per heavy atom. The first kappa shape index (κ1) is 19.7. The van der Waals surface area contributed by atoms with Crippen molar-refractivity contribution in [1.82, 2.24) is 14.5 Å². The Morgan fingerprint density at radius 2 is 2.00 bits per heavy atom. The van der Waals surface area contributed by atoms with Crippen LogP contribution >= 0.6 is 0 Å². The van der Waals surface area contributed by atoms with Gasteiger partial charge in [-0.3, -0.25) is 4.79 Å². The molecular weight excluding hydrogens is 342 g/mol. The summed E-state index contributed by atoms with van der Waals surface area (Å²) in [7, 11) is 1.82. The second-order valence-corrected chi connectivity index (χ2v) is 8.41. The first-order valence-electron chi connectivity index (χ1n) is 8.41. The number of carbonyl (C=O) groups excluding carboxylic acids is 1. The highest BCUT2D eigenvalue weighted by Crippen LogP contribution is 2.25. The molecular formula is C17H27N3O4S. The molecule has 25 heavy (non-hydrogen) atoms. The number of nitrogens with one attached hydrogen (secondary N) is 1. The molecule has 0 bridgehead atoms. The fraction of sp³-hybridized carbons (Fsp3) is 0.588. The molecule has 1 heterocycles. The monoisotopic (exact) mass is 369 g/mol. The predicted octanol–water partition coefficient (Wildman–Crippen LogP) is 0.774. The highest BCUT2D eigenvalue weighted by Gasteiger charge is 2.33. The zero-order chi connectivity index (χ0) is 18.4. The highest BCUT2D eigenvalue weighted by molar-refractivity contribution is 7.89. The van der Waals surface area contributed by atoms with E-state index in [0.717, 1.165) is 6.54 Å². The largest absolute Gasteiger partial charge is 0.497 e. The van der Waals surface area contributed by atoms with E-state index in [1.54, 1.807) is 12.1 Å². The molecule has 1 aromatic rings. The normalized spacial score (nSPS) is 19.0. The summed E-state index contributed by atoms with van der Waals surface area (Å²) in [6, 6.07) is 6.33. The summed E-state index contributed by atoms with van der Waals surface area (Å²) in [6.45, 7) is 1.98. The minimum Gasteiger partial charge on any atom is -0.497 e. The van der Waals surface area contributed by atoms with E-state index in [1.165, 1.54) is 23.5 Å². The summed E-state index contributed by atoms with van der Waals surface area (Å²) in [5.41, 5.74) is 0. The van der Waals surface area contributed by atoms with Gasteiger partial charge in [-0.25, -0.2) is 8.42 Å². The molecule has 8 heteroatoms. The predicted molar refractivity (Wildman–Crippen MR) is 96.0 cm³/mol. The van der Waals surface area contributed by atoms with E-state index in [-0.39, 0.29) is 23.3 Å². The summed E-state index contributed by atoms with van der Waals surface area (Å²) >= 11 is 0. The molecule has 1 amide bonds. The number of nitrogens with zero attached hydrogens (tertiary/aromatic N) is 2. The van der Waals surface area contributed by atoms with E-state index in [0.29, 0.717) is 31.7 Å². The van der Waals surface area contributed by atoms with E-state index in [1.807, 2.05) is 19.0 Å². The van der Waals surface area contributed by atoms with Gasteiger partial charge in [-0.05, 0) is 51.2 Å². The molecule has 0 unspecified atom stereocenters. The zero-order valence-corrected chi connectivity index (χ0v) is 15.9. The molecule has 0 radical (unpaired) electrons. The van der Waals surface area contributed by atoms with Gasteiger partial charge in [-0.15, -0.1) is 0 Å². The number of ether oxygens (including phenoxy) is 1. The topological polar surface area (TPSA) is 79.0 Å². The number of piperidine rings is 1. The zero-order valence-electron chi connectivity index (χ0n) is 15.1. The lowest BCUT2D eigenvalue weighted by Crippen LogP contribution is -2.46. The average Bonchev–Trinajstić information content (AvgIpc) is 2.61. The van der Waals surface area contributed by atoms with Gasteiger partial charge in [-0.2, -0.15) is 4.31 Å². The van der Waals surface area contributed by atoms with Gasteiger partial charge >= 0.3 is 0 Å². The molecule has 7 nitrogen and oxygen atoms in total. The third kappa shape index (κ3) is 5.17. The molecule has 1 atom stereocenters. The number of hydrogen-bond acceptors (Lipinski definition) is 5. The Balaban J connectivity index is 2.02. The summed E-state index contributed by atoms with van der Waals surface area (Å²) < 4.78 is 32.1. The van der Waals surface area contributed by atoms with Gasteiger partial charge in [0.2, 0.25) is 15.9 Å². The number of amides is 1. The van der Waals surface area contributed by atoms with Crippen molar-refractivity contribution in [2.75, 3.05) is 47.4 Å². The molecule has 1 N–H and O–H groups in total. The van der Waals surface area contributed by atoms with E-state index in [2.05, 4.69) is 5.32 Å². The molecule has 0 saturated carbocycles. The van der Waals surface area contributed by atoms with Gasteiger partial charge in [0.05, 0.1) is 17.9 Å². The average molecular weight is 369 g/mol. The highest BCUT2D eigenvalue weighted by atomic mass is 32.2. The van der Waals surface area contributed by atoms with E-state index in [9.17, 15) is 13.2 Å². The Labute approximate surface area is 150 Å². The van der Waals surface area contributed by atoms with Gasteiger partial charge in [0.15, 0.2) is 0 Å². The van der Waals surface area contributed by atoms with Crippen LogP contribution < -0.4 is 10.1 Å². The second-order valence-electron chi connectivity index (χ2n) is 6.47. The molecule has 2 rings (SSSR count). The SMILES string of the molecule is COc1ccc(S(=O)(=O)N2CCC[C@H](C(=O)NCCN(C)C)C2)cc1. The van der Waals surface area contributed by atoms with Crippen LogP contribution in [0.3, 0.4) is 0 Å². The van der Waals surface area contributed by atoms with Crippen LogP contribution in [0.4, 0.5) is 0 Å². The fourth-order valence-corrected chi connectivity index (χ4v) is 4.34. The van der Waals surface area contributed by atoms with Crippen LogP contribution in [0.25, 0.3) is 0 Å². The number of sulfonamides is 1. The first-order chi connectivity index (χ1) is 11.8. The van der Waals surface area contributed by atoms with Crippen molar-refractivity contribution in [3.63, 3.8) is 0 Å². The Hall–Kier alpha value is -1.64. The number of methoxy groups -OCH3 is 1. The second kappa shape index (κ2) is 8.64. The number of carbonyl (C=O) groups is 1. The minimum atomic E-state index is -3.60. The van der Waals surface area contributed by atoms with Gasteiger partial charge in [0.1, 0.15) is 5.75 Å². The van der Waals surface area contributed by atoms with E-state index in [4.69, 9.17) is 4.74 Å². The summed E-state index contributed by atoms with van der Waals surface area (Å²) in [6.07, 6.45) is 1.39. The van der Waals surface area contributed by atoms with Gasteiger partial charge in [0.25, 0.3) is 0 Å². The van der Waals surface area contributed by atoms with Crippen LogP contribution in [0.5, 0.6) is 5.75 Å². The maximum Gasteiger partial charge on any atom is 0.243 e. The number of rotatable bonds is 7. The van der Waals surface area contributed by atoms with Gasteiger partial charge in [0, 0.05) is 26.2 Å². The maximum absolute atomic E-state index is 12.8. The summed E-state index contributed by atoms with van der Waals surface area (Å²) in [4.78, 5) is 14.5. The fourth-order valence-electron chi connectivity index (χ4n) is 2.82. The Kier molecular flexibility index (Phi) is 6.80. The molecule has 0 aromatic heterocycles.